The highest BCUT2D eigenvalue weighted by molar-refractivity contribution is 5.51. The second-order valence-electron chi connectivity index (χ2n) is 4.26. The van der Waals surface area contributed by atoms with Crippen LogP contribution in [0.5, 0.6) is 0 Å². The lowest BCUT2D eigenvalue weighted by molar-refractivity contribution is -0.545. The van der Waals surface area contributed by atoms with Gasteiger partial charge in [0.25, 0.3) is 0 Å². The quantitative estimate of drug-likeness (QED) is 0.378. The predicted octanol–water partition coefficient (Wildman–Crippen LogP) is 0.663. The minimum atomic E-state index is -0.781. The molecule has 0 spiro atoms. The Morgan fingerprint density at radius 3 is 2.93 bits per heavy atom. The summed E-state index contributed by atoms with van der Waals surface area (Å²) in [6.45, 7) is 2.57. The van der Waals surface area contributed by atoms with Gasteiger partial charge in [0.1, 0.15) is 6.04 Å². The maximum atomic E-state index is 11.0. The molecule has 0 unspecified atom stereocenters. The molecule has 1 saturated heterocycles. The normalized spacial score (nSPS) is 39.4. The van der Waals surface area contributed by atoms with Gasteiger partial charge >= 0.3 is 0 Å². The average Bonchev–Trinajstić information content (AvgIpc) is 2.80. The van der Waals surface area contributed by atoms with Crippen LogP contribution >= 0.6 is 0 Å². The molecule has 2 fully saturated rings. The third-order valence-corrected chi connectivity index (χ3v) is 3.57. The molecule has 14 heavy (non-hydrogen) atoms. The molecule has 2 aliphatic rings. The van der Waals surface area contributed by atoms with E-state index in [2.05, 4.69) is 0 Å². The van der Waals surface area contributed by atoms with Crippen molar-refractivity contribution in [1.29, 1.82) is 0 Å². The second kappa shape index (κ2) is 2.93. The van der Waals surface area contributed by atoms with Gasteiger partial charge in [-0.25, -0.2) is 0 Å². The first kappa shape index (κ1) is 9.43. The highest BCUT2D eigenvalue weighted by Gasteiger charge is 2.76. The van der Waals surface area contributed by atoms with Crippen LogP contribution in [0.25, 0.3) is 0 Å². The third-order valence-electron chi connectivity index (χ3n) is 3.57. The summed E-state index contributed by atoms with van der Waals surface area (Å²) in [7, 11) is 0. The Hall–Kier alpha value is -1.13. The molecule has 1 aliphatic heterocycles. The van der Waals surface area contributed by atoms with E-state index in [0.29, 0.717) is 13.0 Å². The van der Waals surface area contributed by atoms with E-state index >= 15 is 0 Å². The van der Waals surface area contributed by atoms with Crippen molar-refractivity contribution < 1.29 is 9.72 Å². The molecule has 0 aromatic heterocycles. The molecule has 1 amide bonds. The van der Waals surface area contributed by atoms with E-state index in [1.54, 1.807) is 4.90 Å². The average molecular weight is 198 g/mol. The Kier molecular flexibility index (Phi) is 1.97. The predicted molar refractivity (Wildman–Crippen MR) is 49.3 cm³/mol. The van der Waals surface area contributed by atoms with E-state index in [0.717, 1.165) is 19.3 Å². The zero-order chi connectivity index (χ0) is 10.3. The van der Waals surface area contributed by atoms with Gasteiger partial charge in [0, 0.05) is 17.9 Å². The van der Waals surface area contributed by atoms with Crippen LogP contribution in [-0.2, 0) is 4.79 Å². The van der Waals surface area contributed by atoms with E-state index < -0.39 is 5.54 Å². The van der Waals surface area contributed by atoms with E-state index in [-0.39, 0.29) is 16.9 Å². The summed E-state index contributed by atoms with van der Waals surface area (Å²) in [5.74, 6) is 0.110. The molecular weight excluding hydrogens is 184 g/mol. The van der Waals surface area contributed by atoms with Gasteiger partial charge < -0.3 is 4.90 Å². The lowest BCUT2D eigenvalue weighted by Crippen LogP contribution is -2.43. The summed E-state index contributed by atoms with van der Waals surface area (Å²) in [6.07, 6.45) is 3.06. The Bertz CT molecular complexity index is 281. The molecule has 5 nitrogen and oxygen atoms in total. The fourth-order valence-corrected chi connectivity index (χ4v) is 2.79. The highest BCUT2D eigenvalue weighted by Crippen LogP contribution is 2.56. The molecule has 0 aromatic rings. The van der Waals surface area contributed by atoms with Crippen molar-refractivity contribution in [1.82, 2.24) is 4.90 Å². The molecule has 2 rings (SSSR count). The number of carbonyl (C=O) groups is 1. The van der Waals surface area contributed by atoms with Crippen molar-refractivity contribution in [2.24, 2.45) is 5.92 Å². The Balaban J connectivity index is 2.20. The fourth-order valence-electron chi connectivity index (χ4n) is 2.79. The van der Waals surface area contributed by atoms with Crippen LogP contribution in [0.3, 0.4) is 0 Å². The first-order chi connectivity index (χ1) is 6.66. The number of amides is 1. The summed E-state index contributed by atoms with van der Waals surface area (Å²) in [4.78, 5) is 23.1. The van der Waals surface area contributed by atoms with Crippen LogP contribution in [0, 0.1) is 16.0 Å². The van der Waals surface area contributed by atoms with E-state index in [9.17, 15) is 14.9 Å². The topological polar surface area (TPSA) is 63.5 Å². The SMILES string of the molecule is CCC[C@H]1N(C=O)C[C@@H]2C[C@@]21[N+](=O)[O-]. The van der Waals surface area contributed by atoms with E-state index in [1.807, 2.05) is 6.92 Å². The maximum absolute atomic E-state index is 11.0. The zero-order valence-electron chi connectivity index (χ0n) is 8.18. The molecule has 0 aromatic carbocycles. The van der Waals surface area contributed by atoms with Gasteiger partial charge in [0.15, 0.2) is 0 Å². The first-order valence-electron chi connectivity index (χ1n) is 5.02. The second-order valence-corrected chi connectivity index (χ2v) is 4.26. The number of nitro groups is 1. The molecule has 0 radical (unpaired) electrons. The Labute approximate surface area is 82.2 Å². The number of hydrogen-bond donors (Lipinski definition) is 0. The fraction of sp³-hybridized carbons (Fsp3) is 0.889. The van der Waals surface area contributed by atoms with Gasteiger partial charge in [-0.2, -0.15) is 0 Å². The molecule has 78 valence electrons. The molecule has 5 heteroatoms. The molecule has 1 heterocycles. The number of hydrogen-bond acceptors (Lipinski definition) is 3. The number of likely N-dealkylation sites (tertiary alicyclic amines) is 1. The van der Waals surface area contributed by atoms with Crippen molar-refractivity contribution in [3.05, 3.63) is 10.1 Å². The lowest BCUT2D eigenvalue weighted by atomic mass is 10.0. The first-order valence-corrected chi connectivity index (χ1v) is 5.02. The summed E-state index contributed by atoms with van der Waals surface area (Å²) in [5.41, 5.74) is -0.781. The van der Waals surface area contributed by atoms with Crippen molar-refractivity contribution >= 4 is 6.41 Å². The largest absolute Gasteiger partial charge is 0.334 e. The van der Waals surface area contributed by atoms with Gasteiger partial charge in [0.05, 0.1) is 5.92 Å². The van der Waals surface area contributed by atoms with Gasteiger partial charge in [-0.05, 0) is 6.42 Å². The summed E-state index contributed by atoms with van der Waals surface area (Å²) in [6, 6.07) is -0.162. The van der Waals surface area contributed by atoms with E-state index in [1.165, 1.54) is 0 Å². The van der Waals surface area contributed by atoms with Crippen LogP contribution in [-0.4, -0.2) is 34.4 Å². The third kappa shape index (κ3) is 0.980. The number of nitrogens with zero attached hydrogens (tertiary/aromatic N) is 2. The highest BCUT2D eigenvalue weighted by atomic mass is 16.6. The van der Waals surface area contributed by atoms with Gasteiger partial charge in [-0.15, -0.1) is 0 Å². The van der Waals surface area contributed by atoms with Crippen molar-refractivity contribution in [3.8, 4) is 0 Å². The van der Waals surface area contributed by atoms with Gasteiger partial charge in [-0.3, -0.25) is 14.9 Å². The van der Waals surface area contributed by atoms with Crippen LogP contribution < -0.4 is 0 Å². The number of fused-ring (bicyclic) bond motifs is 1. The maximum Gasteiger partial charge on any atom is 0.247 e. The minimum Gasteiger partial charge on any atom is -0.334 e. The Morgan fingerprint density at radius 1 is 1.71 bits per heavy atom. The lowest BCUT2D eigenvalue weighted by Gasteiger charge is -2.23. The van der Waals surface area contributed by atoms with Crippen LogP contribution in [0.1, 0.15) is 26.2 Å². The molecule has 0 bridgehead atoms. The zero-order valence-corrected chi connectivity index (χ0v) is 8.18. The number of rotatable bonds is 4. The standard InChI is InChI=1S/C9H14N2O3/c1-2-3-8-9(11(13)14)4-7(9)5-10(8)6-12/h6-8H,2-5H2,1H3/t7-,8+,9+/m0/s1. The van der Waals surface area contributed by atoms with Gasteiger partial charge in [0.2, 0.25) is 11.9 Å². The smallest absolute Gasteiger partial charge is 0.247 e. The molecule has 0 N–H and O–H groups in total. The van der Waals surface area contributed by atoms with Crippen LogP contribution in [0.2, 0.25) is 0 Å². The number of piperidine rings is 1. The molecule has 1 aliphatic carbocycles. The van der Waals surface area contributed by atoms with Crippen molar-refractivity contribution in [3.63, 3.8) is 0 Å². The van der Waals surface area contributed by atoms with Crippen LogP contribution in [0.4, 0.5) is 0 Å². The van der Waals surface area contributed by atoms with Crippen LogP contribution in [0.15, 0.2) is 0 Å². The Morgan fingerprint density at radius 2 is 2.43 bits per heavy atom. The van der Waals surface area contributed by atoms with Gasteiger partial charge in [-0.1, -0.05) is 13.3 Å². The summed E-state index contributed by atoms with van der Waals surface area (Å²) in [5, 5.41) is 11.0. The van der Waals surface area contributed by atoms with Crippen molar-refractivity contribution in [2.75, 3.05) is 6.54 Å². The summed E-state index contributed by atoms with van der Waals surface area (Å²) >= 11 is 0. The monoisotopic (exact) mass is 198 g/mol. The minimum absolute atomic E-state index is 0.110. The molecule has 3 atom stereocenters. The summed E-state index contributed by atoms with van der Waals surface area (Å²) < 4.78 is 0. The molecular formula is C9H14N2O3. The number of carbonyl (C=O) groups excluding carboxylic acids is 1. The van der Waals surface area contributed by atoms with Crippen molar-refractivity contribution in [2.45, 2.75) is 37.8 Å². The molecule has 1 saturated carbocycles. The van der Waals surface area contributed by atoms with E-state index in [4.69, 9.17) is 0 Å².